The number of allylic oxidation sites excluding steroid dienone is 5. The average molecular weight is 628 g/mol. The van der Waals surface area contributed by atoms with Crippen LogP contribution < -0.4 is 0 Å². The van der Waals surface area contributed by atoms with Crippen LogP contribution in [0.3, 0.4) is 0 Å². The standard InChI is InChI=1S/C45H29N3O/c1-2-11-27-46-44(30-15-5-4-6-16-30)48-45(47-28-12-3-1)39-23-14-24-41-42(39)38-22-13-21-32(43(38)49-41)31-25-26-37-35-19-8-7-17-33(35)34-18-9-10-20-36(34)40(37)29-31/h1-29H/b2-1?,3-1-,11-2+,12-3?,27-11?,28-12-,46-27+,46-44?,47-28?,47-45-,48-44-,48-45?. The third-order valence-electron chi connectivity index (χ3n) is 9.07. The van der Waals surface area contributed by atoms with Crippen molar-refractivity contribution in [1.29, 1.82) is 0 Å². The summed E-state index contributed by atoms with van der Waals surface area (Å²) in [4.78, 5) is 14.7. The van der Waals surface area contributed by atoms with Crippen LogP contribution in [0.5, 0.6) is 0 Å². The molecule has 1 aliphatic heterocycles. The summed E-state index contributed by atoms with van der Waals surface area (Å²) < 4.78 is 6.72. The lowest BCUT2D eigenvalue weighted by Crippen LogP contribution is -2.05. The summed E-state index contributed by atoms with van der Waals surface area (Å²) in [6.45, 7) is 0. The van der Waals surface area contributed by atoms with E-state index in [1.807, 2.05) is 72.8 Å². The molecule has 2 heterocycles. The van der Waals surface area contributed by atoms with Crippen LogP contribution in [0, 0.1) is 0 Å². The molecule has 0 saturated heterocycles. The summed E-state index contributed by atoms with van der Waals surface area (Å²) in [5.41, 5.74) is 5.52. The summed E-state index contributed by atoms with van der Waals surface area (Å²) in [5, 5.41) is 9.46. The summed E-state index contributed by atoms with van der Waals surface area (Å²) in [6.07, 6.45) is 13.1. The summed E-state index contributed by atoms with van der Waals surface area (Å²) in [5.74, 6) is 1.12. The van der Waals surface area contributed by atoms with E-state index in [1.165, 1.54) is 32.3 Å². The SMILES string of the molecule is C1=C\C=C\C=N\C(c2ccccc2)=N/C(c2cccc3oc4c(-c5ccc6c7ccccc7c7ccccc7c6c5)cccc4c23)=N\C=C/1. The van der Waals surface area contributed by atoms with E-state index >= 15 is 0 Å². The van der Waals surface area contributed by atoms with E-state index in [-0.39, 0.29) is 0 Å². The molecule has 4 nitrogen and oxygen atoms in total. The van der Waals surface area contributed by atoms with Gasteiger partial charge in [-0.1, -0.05) is 140 Å². The molecular weight excluding hydrogens is 599 g/mol. The van der Waals surface area contributed by atoms with Crippen LogP contribution in [0.2, 0.25) is 0 Å². The van der Waals surface area contributed by atoms with Gasteiger partial charge in [0, 0.05) is 39.9 Å². The maximum absolute atomic E-state index is 6.72. The third-order valence-corrected chi connectivity index (χ3v) is 9.07. The number of hydrogen-bond acceptors (Lipinski definition) is 4. The Bertz CT molecular complexity index is 2720. The fourth-order valence-corrected chi connectivity index (χ4v) is 6.87. The number of furan rings is 1. The maximum atomic E-state index is 6.72. The Morgan fingerprint density at radius 3 is 1.86 bits per heavy atom. The minimum atomic E-state index is 0.549. The molecule has 0 saturated carbocycles. The zero-order valence-corrected chi connectivity index (χ0v) is 26.5. The van der Waals surface area contributed by atoms with Crippen LogP contribution >= 0.6 is 0 Å². The summed E-state index contributed by atoms with van der Waals surface area (Å²) in [7, 11) is 0. The first-order chi connectivity index (χ1) is 24.3. The molecule has 0 atom stereocenters. The van der Waals surface area contributed by atoms with Crippen LogP contribution in [-0.2, 0) is 0 Å². The van der Waals surface area contributed by atoms with Gasteiger partial charge in [0.1, 0.15) is 11.2 Å². The van der Waals surface area contributed by atoms with E-state index in [9.17, 15) is 0 Å². The van der Waals surface area contributed by atoms with Crippen molar-refractivity contribution in [2.24, 2.45) is 15.0 Å². The smallest absolute Gasteiger partial charge is 0.162 e. The molecule has 230 valence electrons. The number of rotatable bonds is 3. The van der Waals surface area contributed by atoms with Crippen molar-refractivity contribution in [3.05, 3.63) is 181 Å². The second-order valence-corrected chi connectivity index (χ2v) is 12.0. The van der Waals surface area contributed by atoms with Crippen LogP contribution in [0.4, 0.5) is 0 Å². The normalized spacial score (nSPS) is 18.4. The van der Waals surface area contributed by atoms with Crippen LogP contribution in [0.25, 0.3) is 65.4 Å². The lowest BCUT2D eigenvalue weighted by Gasteiger charge is -2.12. The van der Waals surface area contributed by atoms with Gasteiger partial charge in [-0.2, -0.15) is 0 Å². The molecular formula is C45H29N3O. The molecule has 7 aromatic carbocycles. The fourth-order valence-electron chi connectivity index (χ4n) is 6.87. The Hall–Kier alpha value is -6.65. The van der Waals surface area contributed by atoms with Crippen LogP contribution in [-0.4, -0.2) is 17.9 Å². The molecule has 1 aromatic heterocycles. The van der Waals surface area contributed by atoms with Crippen LogP contribution in [0.15, 0.2) is 189 Å². The molecule has 0 aliphatic carbocycles. The topological polar surface area (TPSA) is 50.2 Å². The minimum absolute atomic E-state index is 0.549. The van der Waals surface area contributed by atoms with E-state index in [0.29, 0.717) is 11.7 Å². The Balaban J connectivity index is 1.26. The molecule has 0 bridgehead atoms. The number of aliphatic imine (C=N–C) groups is 3. The van der Waals surface area contributed by atoms with Gasteiger partial charge >= 0.3 is 0 Å². The number of hydrogen-bond donors (Lipinski definition) is 0. The van der Waals surface area contributed by atoms with Crippen molar-refractivity contribution >= 4 is 72.1 Å². The summed E-state index contributed by atoms with van der Waals surface area (Å²) >= 11 is 0. The number of amidine groups is 2. The quantitative estimate of drug-likeness (QED) is 0.180. The lowest BCUT2D eigenvalue weighted by atomic mass is 9.91. The Kier molecular flexibility index (Phi) is 7.10. The molecule has 0 fully saturated rings. The van der Waals surface area contributed by atoms with Gasteiger partial charge in [0.15, 0.2) is 11.7 Å². The van der Waals surface area contributed by atoms with Gasteiger partial charge in [-0.3, -0.25) is 0 Å². The predicted octanol–water partition coefficient (Wildman–Crippen LogP) is 11.6. The minimum Gasteiger partial charge on any atom is -0.455 e. The highest BCUT2D eigenvalue weighted by molar-refractivity contribution is 6.26. The molecule has 0 radical (unpaired) electrons. The number of nitrogens with zero attached hydrogens (tertiary/aromatic N) is 3. The van der Waals surface area contributed by atoms with E-state index < -0.39 is 0 Å². The molecule has 0 N–H and O–H groups in total. The van der Waals surface area contributed by atoms with Gasteiger partial charge in [0.25, 0.3) is 0 Å². The first-order valence-corrected chi connectivity index (χ1v) is 16.4. The van der Waals surface area contributed by atoms with E-state index in [1.54, 1.807) is 12.4 Å². The predicted molar refractivity (Wildman–Crippen MR) is 207 cm³/mol. The second-order valence-electron chi connectivity index (χ2n) is 12.0. The van der Waals surface area contributed by atoms with E-state index in [2.05, 4.69) is 91.0 Å². The zero-order valence-electron chi connectivity index (χ0n) is 26.5. The molecule has 49 heavy (non-hydrogen) atoms. The maximum Gasteiger partial charge on any atom is 0.162 e. The first-order valence-electron chi connectivity index (χ1n) is 16.4. The number of benzene rings is 7. The van der Waals surface area contributed by atoms with Gasteiger partial charge in [0.2, 0.25) is 0 Å². The van der Waals surface area contributed by atoms with Gasteiger partial charge in [-0.15, -0.1) is 0 Å². The van der Waals surface area contributed by atoms with Crippen LogP contribution in [0.1, 0.15) is 11.1 Å². The second kappa shape index (κ2) is 12.2. The van der Waals surface area contributed by atoms with Crippen molar-refractivity contribution in [1.82, 2.24) is 0 Å². The Labute approximate surface area is 283 Å². The number of para-hydroxylation sites is 1. The molecule has 9 rings (SSSR count). The third kappa shape index (κ3) is 5.07. The van der Waals surface area contributed by atoms with Crippen molar-refractivity contribution < 1.29 is 4.42 Å². The molecule has 0 spiro atoms. The molecule has 4 heteroatoms. The highest BCUT2D eigenvalue weighted by Gasteiger charge is 2.19. The van der Waals surface area contributed by atoms with Gasteiger partial charge in [-0.25, -0.2) is 15.0 Å². The van der Waals surface area contributed by atoms with Crippen molar-refractivity contribution in [2.45, 2.75) is 0 Å². The van der Waals surface area contributed by atoms with E-state index in [4.69, 9.17) is 19.4 Å². The fraction of sp³-hybridized carbons (Fsp3) is 0. The van der Waals surface area contributed by atoms with E-state index in [0.717, 1.165) is 44.2 Å². The monoisotopic (exact) mass is 627 g/mol. The van der Waals surface area contributed by atoms with Crippen molar-refractivity contribution in [2.75, 3.05) is 0 Å². The van der Waals surface area contributed by atoms with Crippen molar-refractivity contribution in [3.8, 4) is 11.1 Å². The lowest BCUT2D eigenvalue weighted by molar-refractivity contribution is 0.670. The average Bonchev–Trinajstić information content (AvgIpc) is 3.55. The largest absolute Gasteiger partial charge is 0.455 e. The highest BCUT2D eigenvalue weighted by atomic mass is 16.3. The molecule has 0 unspecified atom stereocenters. The first kappa shape index (κ1) is 28.6. The summed E-state index contributed by atoms with van der Waals surface area (Å²) in [6, 6.07) is 46.5. The van der Waals surface area contributed by atoms with Crippen molar-refractivity contribution in [3.63, 3.8) is 0 Å². The van der Waals surface area contributed by atoms with Gasteiger partial charge < -0.3 is 4.42 Å². The highest BCUT2D eigenvalue weighted by Crippen LogP contribution is 2.41. The van der Waals surface area contributed by atoms with Gasteiger partial charge in [-0.05, 0) is 62.2 Å². The Morgan fingerprint density at radius 2 is 1.06 bits per heavy atom. The van der Waals surface area contributed by atoms with Gasteiger partial charge in [0.05, 0.1) is 0 Å². The molecule has 8 aromatic rings. The molecule has 1 aliphatic rings. The number of fused-ring (bicyclic) bond motifs is 9. The Morgan fingerprint density at radius 1 is 0.429 bits per heavy atom. The zero-order chi connectivity index (χ0) is 32.6. The molecule has 0 amide bonds.